The Bertz CT molecular complexity index is 404. The maximum Gasteiger partial charge on any atom is 0.234 e. The van der Waals surface area contributed by atoms with Crippen molar-refractivity contribution in [1.29, 1.82) is 0 Å². The normalized spacial score (nSPS) is 22.1. The van der Waals surface area contributed by atoms with Crippen molar-refractivity contribution in [3.8, 4) is 0 Å². The highest BCUT2D eigenvalue weighted by Crippen LogP contribution is 2.19. The summed E-state index contributed by atoms with van der Waals surface area (Å²) in [5.74, 6) is 0.913. The molecule has 0 aliphatic carbocycles. The van der Waals surface area contributed by atoms with Gasteiger partial charge in [-0.05, 0) is 6.07 Å². The fourth-order valence-electron chi connectivity index (χ4n) is 2.27. The lowest BCUT2D eigenvalue weighted by Crippen LogP contribution is -2.64. The van der Waals surface area contributed by atoms with E-state index in [1.54, 1.807) is 12.4 Å². The first-order valence-electron chi connectivity index (χ1n) is 5.85. The smallest absolute Gasteiger partial charge is 0.234 e. The zero-order valence-electron chi connectivity index (χ0n) is 9.54. The molecule has 1 amide bonds. The van der Waals surface area contributed by atoms with Crippen LogP contribution in [0.25, 0.3) is 0 Å². The van der Waals surface area contributed by atoms with Gasteiger partial charge in [0.2, 0.25) is 11.9 Å². The second kappa shape index (κ2) is 4.29. The van der Waals surface area contributed by atoms with E-state index in [1.165, 1.54) is 0 Å². The highest BCUT2D eigenvalue weighted by atomic mass is 16.2. The molecule has 1 aromatic heterocycles. The molecule has 0 bridgehead atoms. The Morgan fingerprint density at radius 1 is 1.29 bits per heavy atom. The average Bonchev–Trinajstić information content (AvgIpc) is 2.28. The fraction of sp³-hybridized carbons (Fsp3) is 0.545. The van der Waals surface area contributed by atoms with Gasteiger partial charge in [-0.3, -0.25) is 9.69 Å². The minimum absolute atomic E-state index is 0.130. The van der Waals surface area contributed by atoms with Crippen LogP contribution in [0.1, 0.15) is 0 Å². The molecule has 1 aromatic rings. The summed E-state index contributed by atoms with van der Waals surface area (Å²) in [6.45, 7) is 4.06. The summed E-state index contributed by atoms with van der Waals surface area (Å²) in [6, 6.07) is 2.28. The molecule has 2 aliphatic heterocycles. The fourth-order valence-corrected chi connectivity index (χ4v) is 2.27. The highest BCUT2D eigenvalue weighted by Gasteiger charge is 2.34. The Kier molecular flexibility index (Phi) is 2.64. The topological polar surface area (TPSA) is 61.4 Å². The summed E-state index contributed by atoms with van der Waals surface area (Å²) in [7, 11) is 0. The number of anilines is 1. The van der Waals surface area contributed by atoms with Gasteiger partial charge in [-0.25, -0.2) is 9.97 Å². The van der Waals surface area contributed by atoms with Gasteiger partial charge in [0, 0.05) is 44.6 Å². The molecule has 0 aromatic carbocycles. The Balaban J connectivity index is 1.56. The van der Waals surface area contributed by atoms with Crippen LogP contribution in [0, 0.1) is 0 Å². The van der Waals surface area contributed by atoms with Gasteiger partial charge in [-0.1, -0.05) is 0 Å². The van der Waals surface area contributed by atoms with Gasteiger partial charge in [0.25, 0.3) is 0 Å². The van der Waals surface area contributed by atoms with Crippen LogP contribution in [-0.2, 0) is 4.79 Å². The second-order valence-corrected chi connectivity index (χ2v) is 4.43. The third-order valence-corrected chi connectivity index (χ3v) is 3.28. The summed E-state index contributed by atoms with van der Waals surface area (Å²) in [6.07, 6.45) is 3.51. The molecular formula is C11H15N5O. The lowest BCUT2D eigenvalue weighted by Gasteiger charge is -2.46. The minimum atomic E-state index is 0.130. The van der Waals surface area contributed by atoms with E-state index >= 15 is 0 Å². The molecule has 1 N–H and O–H groups in total. The standard InChI is InChI=1S/C11H15N5O/c17-10-8-15(5-4-12-10)9-6-16(7-9)11-13-2-1-3-14-11/h1-3,9H,4-8H2,(H,12,17). The number of rotatable bonds is 2. The van der Waals surface area contributed by atoms with E-state index in [0.717, 1.165) is 32.1 Å². The van der Waals surface area contributed by atoms with Crippen molar-refractivity contribution in [3.05, 3.63) is 18.5 Å². The first kappa shape index (κ1) is 10.5. The van der Waals surface area contributed by atoms with Gasteiger partial charge in [0.1, 0.15) is 0 Å². The molecule has 0 spiro atoms. The monoisotopic (exact) mass is 233 g/mol. The summed E-state index contributed by atoms with van der Waals surface area (Å²) in [4.78, 5) is 24.1. The second-order valence-electron chi connectivity index (χ2n) is 4.43. The molecule has 2 fully saturated rings. The van der Waals surface area contributed by atoms with Gasteiger partial charge in [0.05, 0.1) is 6.54 Å². The van der Waals surface area contributed by atoms with Crippen LogP contribution in [0.4, 0.5) is 5.95 Å². The number of carbonyl (C=O) groups excluding carboxylic acids is 1. The molecule has 2 saturated heterocycles. The van der Waals surface area contributed by atoms with Gasteiger partial charge in [-0.2, -0.15) is 0 Å². The van der Waals surface area contributed by atoms with Crippen molar-refractivity contribution >= 4 is 11.9 Å². The predicted molar refractivity (Wildman–Crippen MR) is 62.6 cm³/mol. The van der Waals surface area contributed by atoms with Crippen LogP contribution >= 0.6 is 0 Å². The minimum Gasteiger partial charge on any atom is -0.354 e. The molecule has 3 heterocycles. The van der Waals surface area contributed by atoms with Crippen molar-refractivity contribution in [3.63, 3.8) is 0 Å². The third kappa shape index (κ3) is 2.08. The molecule has 0 radical (unpaired) electrons. The SMILES string of the molecule is O=C1CN(C2CN(c3ncccn3)C2)CCN1. The number of nitrogens with one attached hydrogen (secondary N) is 1. The number of hydrogen-bond donors (Lipinski definition) is 1. The third-order valence-electron chi connectivity index (χ3n) is 3.28. The summed E-state index contributed by atoms with van der Waals surface area (Å²) in [5, 5.41) is 2.84. The first-order chi connectivity index (χ1) is 8.33. The summed E-state index contributed by atoms with van der Waals surface area (Å²) < 4.78 is 0. The largest absolute Gasteiger partial charge is 0.354 e. The molecule has 17 heavy (non-hydrogen) atoms. The molecule has 6 heteroatoms. The number of hydrogen-bond acceptors (Lipinski definition) is 5. The Labute approximate surface area is 99.6 Å². The number of aromatic nitrogens is 2. The highest BCUT2D eigenvalue weighted by molar-refractivity contribution is 5.78. The molecule has 2 aliphatic rings. The number of piperazine rings is 1. The van der Waals surface area contributed by atoms with E-state index in [2.05, 4.69) is 25.1 Å². The molecule has 90 valence electrons. The van der Waals surface area contributed by atoms with Crippen molar-refractivity contribution in [1.82, 2.24) is 20.2 Å². The van der Waals surface area contributed by atoms with Crippen molar-refractivity contribution in [2.24, 2.45) is 0 Å². The predicted octanol–water partition coefficient (Wildman–Crippen LogP) is -0.903. The molecule has 0 atom stereocenters. The maximum atomic E-state index is 11.3. The van der Waals surface area contributed by atoms with Gasteiger partial charge in [0.15, 0.2) is 0 Å². The van der Waals surface area contributed by atoms with E-state index < -0.39 is 0 Å². The van der Waals surface area contributed by atoms with Crippen LogP contribution in [0.5, 0.6) is 0 Å². The van der Waals surface area contributed by atoms with E-state index in [1.807, 2.05) is 6.07 Å². The number of carbonyl (C=O) groups is 1. The van der Waals surface area contributed by atoms with Crippen molar-refractivity contribution in [2.45, 2.75) is 6.04 Å². The van der Waals surface area contributed by atoms with Crippen molar-refractivity contribution in [2.75, 3.05) is 37.6 Å². The molecule has 0 saturated carbocycles. The zero-order valence-corrected chi connectivity index (χ0v) is 9.54. The van der Waals surface area contributed by atoms with Gasteiger partial charge >= 0.3 is 0 Å². The average molecular weight is 233 g/mol. The lowest BCUT2D eigenvalue weighted by molar-refractivity contribution is -0.125. The first-order valence-corrected chi connectivity index (χ1v) is 5.85. The van der Waals surface area contributed by atoms with Crippen LogP contribution in [-0.4, -0.2) is 59.5 Å². The number of nitrogens with zero attached hydrogens (tertiary/aromatic N) is 4. The van der Waals surface area contributed by atoms with Gasteiger partial charge < -0.3 is 10.2 Å². The van der Waals surface area contributed by atoms with Crippen molar-refractivity contribution < 1.29 is 4.79 Å². The summed E-state index contributed by atoms with van der Waals surface area (Å²) in [5.41, 5.74) is 0. The Hall–Kier alpha value is -1.69. The van der Waals surface area contributed by atoms with Gasteiger partial charge in [-0.15, -0.1) is 0 Å². The Morgan fingerprint density at radius 2 is 2.06 bits per heavy atom. The quantitative estimate of drug-likeness (QED) is 0.717. The summed E-state index contributed by atoms with van der Waals surface area (Å²) >= 11 is 0. The molecule has 0 unspecified atom stereocenters. The van der Waals surface area contributed by atoms with E-state index in [-0.39, 0.29) is 5.91 Å². The van der Waals surface area contributed by atoms with Crippen LogP contribution in [0.2, 0.25) is 0 Å². The molecule has 3 rings (SSSR count). The Morgan fingerprint density at radius 3 is 2.76 bits per heavy atom. The lowest BCUT2D eigenvalue weighted by atomic mass is 10.1. The molecule has 6 nitrogen and oxygen atoms in total. The maximum absolute atomic E-state index is 11.3. The van der Waals surface area contributed by atoms with Crippen LogP contribution < -0.4 is 10.2 Å². The van der Waals surface area contributed by atoms with E-state index in [4.69, 9.17) is 0 Å². The van der Waals surface area contributed by atoms with E-state index in [9.17, 15) is 4.79 Å². The zero-order chi connectivity index (χ0) is 11.7. The van der Waals surface area contributed by atoms with Crippen LogP contribution in [0.15, 0.2) is 18.5 Å². The molecular weight excluding hydrogens is 218 g/mol. The van der Waals surface area contributed by atoms with E-state index in [0.29, 0.717) is 12.6 Å². The van der Waals surface area contributed by atoms with Crippen LogP contribution in [0.3, 0.4) is 0 Å². The number of amides is 1.